The number of aliphatic imine (C=N–C) groups is 1. The van der Waals surface area contributed by atoms with Crippen LogP contribution in [0.25, 0.3) is 0 Å². The van der Waals surface area contributed by atoms with E-state index in [1.807, 2.05) is 105 Å². The lowest BCUT2D eigenvalue weighted by molar-refractivity contribution is -0.0418. The Morgan fingerprint density at radius 2 is 1.46 bits per heavy atom. The van der Waals surface area contributed by atoms with Crippen LogP contribution >= 0.6 is 11.5 Å². The molecule has 0 radical (unpaired) electrons. The van der Waals surface area contributed by atoms with Gasteiger partial charge in [0, 0.05) is 14.1 Å². The van der Waals surface area contributed by atoms with Gasteiger partial charge in [0.25, 0.3) is 0 Å². The minimum atomic E-state index is -0.940. The molecule has 0 saturated heterocycles. The molecular weight excluding hydrogens is 460 g/mol. The van der Waals surface area contributed by atoms with E-state index in [1.54, 1.807) is 11.2 Å². The van der Waals surface area contributed by atoms with E-state index >= 15 is 0 Å². The fourth-order valence-electron chi connectivity index (χ4n) is 3.86. The second kappa shape index (κ2) is 11.2. The van der Waals surface area contributed by atoms with E-state index in [0.29, 0.717) is 5.13 Å². The largest absolute Gasteiger partial charge is 0.389 e. The summed E-state index contributed by atoms with van der Waals surface area (Å²) in [6.45, 7) is 0.0573. The van der Waals surface area contributed by atoms with E-state index < -0.39 is 17.4 Å². The molecule has 7 nitrogen and oxygen atoms in total. The van der Waals surface area contributed by atoms with Crippen LogP contribution < -0.4 is 5.69 Å². The lowest BCUT2D eigenvalue weighted by Crippen LogP contribution is -2.37. The van der Waals surface area contributed by atoms with Gasteiger partial charge >= 0.3 is 5.69 Å². The number of benzene rings is 3. The van der Waals surface area contributed by atoms with Gasteiger partial charge < -0.3 is 14.7 Å². The van der Waals surface area contributed by atoms with Crippen molar-refractivity contribution in [3.8, 4) is 0 Å². The third-order valence-electron chi connectivity index (χ3n) is 5.41. The molecule has 0 amide bonds. The van der Waals surface area contributed by atoms with Gasteiger partial charge in [-0.25, -0.2) is 13.7 Å². The van der Waals surface area contributed by atoms with Gasteiger partial charge in [0.15, 0.2) is 0 Å². The van der Waals surface area contributed by atoms with Gasteiger partial charge in [0.05, 0.1) is 25.6 Å². The number of nitrogens with zero attached hydrogens (tertiary/aromatic N) is 4. The molecule has 0 spiro atoms. The van der Waals surface area contributed by atoms with Gasteiger partial charge in [0.2, 0.25) is 5.13 Å². The summed E-state index contributed by atoms with van der Waals surface area (Å²) in [5.74, 6) is 0. The first kappa shape index (κ1) is 24.5. The van der Waals surface area contributed by atoms with Gasteiger partial charge in [-0.3, -0.25) is 0 Å². The SMILES string of the molecule is CN(C)/C=N/c1nc(=O)n(C[C@H](O)COC(c2ccccc2)(c2ccccc2)c2ccccc2)s1. The molecule has 180 valence electrons. The highest BCUT2D eigenvalue weighted by Crippen LogP contribution is 2.40. The summed E-state index contributed by atoms with van der Waals surface area (Å²) in [5, 5.41) is 11.2. The second-order valence-corrected chi connectivity index (χ2v) is 9.27. The Kier molecular flexibility index (Phi) is 7.87. The van der Waals surface area contributed by atoms with E-state index in [1.165, 1.54) is 3.96 Å². The Labute approximate surface area is 208 Å². The predicted molar refractivity (Wildman–Crippen MR) is 139 cm³/mol. The summed E-state index contributed by atoms with van der Waals surface area (Å²) >= 11 is 1.11. The molecule has 0 aliphatic carbocycles. The fourth-order valence-corrected chi connectivity index (χ4v) is 4.64. The standard InChI is InChI=1S/C27H28N4O3S/c1-30(2)20-28-25-29-26(33)31(35-25)18-24(32)19-34-27(21-12-6-3-7-13-21,22-14-8-4-9-15-22)23-16-10-5-11-17-23/h3-17,20,24,32H,18-19H2,1-2H3/b28-20+/t24-/m0/s1. The maximum absolute atomic E-state index is 12.3. The van der Waals surface area contributed by atoms with Crippen LogP contribution in [-0.4, -0.2) is 52.1 Å². The summed E-state index contributed by atoms with van der Waals surface area (Å²) in [6.07, 6.45) is 0.644. The Morgan fingerprint density at radius 1 is 0.971 bits per heavy atom. The normalized spacial score (nSPS) is 12.7. The van der Waals surface area contributed by atoms with E-state index in [0.717, 1.165) is 28.2 Å². The van der Waals surface area contributed by atoms with Crippen LogP contribution in [0.3, 0.4) is 0 Å². The van der Waals surface area contributed by atoms with Crippen molar-refractivity contribution in [3.05, 3.63) is 118 Å². The quantitative estimate of drug-likeness (QED) is 0.208. The number of hydrogen-bond acceptors (Lipinski definition) is 6. The van der Waals surface area contributed by atoms with Crippen molar-refractivity contribution < 1.29 is 9.84 Å². The van der Waals surface area contributed by atoms with E-state index in [2.05, 4.69) is 9.98 Å². The van der Waals surface area contributed by atoms with E-state index in [-0.39, 0.29) is 13.2 Å². The van der Waals surface area contributed by atoms with E-state index in [9.17, 15) is 9.90 Å². The van der Waals surface area contributed by atoms with Crippen molar-refractivity contribution in [2.24, 2.45) is 4.99 Å². The first-order valence-corrected chi connectivity index (χ1v) is 12.0. The molecule has 1 aromatic heterocycles. The zero-order chi connectivity index (χ0) is 24.7. The molecule has 4 aromatic rings. The number of hydrogen-bond donors (Lipinski definition) is 1. The number of ether oxygens (including phenoxy) is 1. The molecule has 0 aliphatic rings. The van der Waals surface area contributed by atoms with Gasteiger partial charge in [-0.05, 0) is 28.2 Å². The molecule has 1 heterocycles. The topological polar surface area (TPSA) is 80.0 Å². The summed E-state index contributed by atoms with van der Waals surface area (Å²) in [4.78, 5) is 22.2. The summed E-state index contributed by atoms with van der Waals surface area (Å²) < 4.78 is 8.02. The first-order valence-electron chi connectivity index (χ1n) is 11.3. The van der Waals surface area contributed by atoms with Crippen molar-refractivity contribution in [1.82, 2.24) is 13.8 Å². The molecular formula is C27H28N4O3S. The zero-order valence-electron chi connectivity index (χ0n) is 19.7. The van der Waals surface area contributed by atoms with Crippen molar-refractivity contribution in [2.45, 2.75) is 18.2 Å². The van der Waals surface area contributed by atoms with Crippen molar-refractivity contribution >= 4 is 23.0 Å². The van der Waals surface area contributed by atoms with Crippen LogP contribution in [0.5, 0.6) is 0 Å². The Hall–Kier alpha value is -3.59. The number of rotatable bonds is 10. The lowest BCUT2D eigenvalue weighted by atomic mass is 9.80. The summed E-state index contributed by atoms with van der Waals surface area (Å²) in [7, 11) is 3.67. The smallest absolute Gasteiger partial charge is 0.359 e. The molecule has 1 N–H and O–H groups in total. The number of aliphatic hydroxyl groups is 1. The van der Waals surface area contributed by atoms with Crippen molar-refractivity contribution in [3.63, 3.8) is 0 Å². The number of aliphatic hydroxyl groups excluding tert-OH is 1. The van der Waals surface area contributed by atoms with Crippen LogP contribution in [0.15, 0.2) is 101 Å². The predicted octanol–water partition coefficient (Wildman–Crippen LogP) is 3.90. The molecule has 0 bridgehead atoms. The lowest BCUT2D eigenvalue weighted by Gasteiger charge is -2.36. The average Bonchev–Trinajstić information content (AvgIpc) is 3.24. The van der Waals surface area contributed by atoms with Crippen LogP contribution in [-0.2, 0) is 16.9 Å². The van der Waals surface area contributed by atoms with Crippen molar-refractivity contribution in [2.75, 3.05) is 20.7 Å². The maximum atomic E-state index is 12.3. The molecule has 3 aromatic carbocycles. The highest BCUT2D eigenvalue weighted by molar-refractivity contribution is 7.09. The van der Waals surface area contributed by atoms with Crippen molar-refractivity contribution in [1.29, 1.82) is 0 Å². The Bertz CT molecular complexity index is 1190. The van der Waals surface area contributed by atoms with Crippen LogP contribution in [0.2, 0.25) is 0 Å². The van der Waals surface area contributed by atoms with Crippen LogP contribution in [0, 0.1) is 0 Å². The summed E-state index contributed by atoms with van der Waals surface area (Å²) in [5.41, 5.74) is 1.45. The molecule has 1 atom stereocenters. The molecule has 0 fully saturated rings. The van der Waals surface area contributed by atoms with E-state index in [4.69, 9.17) is 4.74 Å². The zero-order valence-corrected chi connectivity index (χ0v) is 20.5. The molecule has 0 saturated carbocycles. The van der Waals surface area contributed by atoms with Crippen LogP contribution in [0.4, 0.5) is 5.13 Å². The molecule has 4 rings (SSSR count). The minimum Gasteiger partial charge on any atom is -0.389 e. The average molecular weight is 489 g/mol. The highest BCUT2D eigenvalue weighted by atomic mass is 32.1. The Morgan fingerprint density at radius 3 is 1.91 bits per heavy atom. The molecule has 0 aliphatic heterocycles. The van der Waals surface area contributed by atoms with Gasteiger partial charge in [0.1, 0.15) is 5.60 Å². The van der Waals surface area contributed by atoms with Gasteiger partial charge in [-0.2, -0.15) is 4.98 Å². The third-order valence-corrected chi connectivity index (χ3v) is 6.29. The van der Waals surface area contributed by atoms with Gasteiger partial charge in [-0.15, -0.1) is 0 Å². The monoisotopic (exact) mass is 488 g/mol. The summed E-state index contributed by atoms with van der Waals surface area (Å²) in [6, 6.07) is 29.9. The first-order chi connectivity index (χ1) is 17.0. The number of aromatic nitrogens is 2. The highest BCUT2D eigenvalue weighted by Gasteiger charge is 2.38. The maximum Gasteiger partial charge on any atom is 0.359 e. The molecule has 35 heavy (non-hydrogen) atoms. The van der Waals surface area contributed by atoms with Crippen LogP contribution in [0.1, 0.15) is 16.7 Å². The van der Waals surface area contributed by atoms with Gasteiger partial charge in [-0.1, -0.05) is 91.0 Å². The minimum absolute atomic E-state index is 0.000673. The third kappa shape index (κ3) is 5.74. The fraction of sp³-hybridized carbons (Fsp3) is 0.222. The molecule has 0 unspecified atom stereocenters. The Balaban J connectivity index is 1.64. The molecule has 8 heteroatoms. The second-order valence-electron chi connectivity index (χ2n) is 8.28.